The van der Waals surface area contributed by atoms with Crippen molar-refractivity contribution in [1.29, 1.82) is 0 Å². The second-order valence-corrected chi connectivity index (χ2v) is 4.46. The summed E-state index contributed by atoms with van der Waals surface area (Å²) in [6.45, 7) is 0.590. The summed E-state index contributed by atoms with van der Waals surface area (Å²) in [5.74, 6) is 0.501. The predicted molar refractivity (Wildman–Crippen MR) is 62.9 cm³/mol. The van der Waals surface area contributed by atoms with E-state index >= 15 is 0 Å². The molecule has 0 unspecified atom stereocenters. The molecule has 0 aliphatic heterocycles. The number of benzene rings is 1. The Hall–Kier alpha value is -1.31. The molecule has 0 bridgehead atoms. The number of ether oxygens (including phenoxy) is 1. The van der Waals surface area contributed by atoms with Crippen LogP contribution < -0.4 is 0 Å². The maximum atomic E-state index is 10.6. The van der Waals surface area contributed by atoms with Gasteiger partial charge in [-0.2, -0.15) is 0 Å². The molecule has 0 spiro atoms. The van der Waals surface area contributed by atoms with Gasteiger partial charge in [0, 0.05) is 5.92 Å². The Kier molecular flexibility index (Phi) is 3.97. The molecule has 1 aliphatic rings. The number of carbonyl (C=O) groups excluding carboxylic acids is 1. The first kappa shape index (κ1) is 11.2. The Morgan fingerprint density at radius 2 is 1.81 bits per heavy atom. The van der Waals surface area contributed by atoms with Crippen molar-refractivity contribution in [3.8, 4) is 0 Å². The standard InChI is InChI=1S/C14H18O2/c15-11-16-14(12-7-3-1-4-8-12)13-9-5-2-6-10-13/h1,3-4,7-8,11,13-14H,2,5-6,9-10H2/t14-/m1/s1. The van der Waals surface area contributed by atoms with E-state index in [0.717, 1.165) is 5.56 Å². The lowest BCUT2D eigenvalue weighted by atomic mass is 9.82. The smallest absolute Gasteiger partial charge is 0.293 e. The van der Waals surface area contributed by atoms with Crippen LogP contribution in [0, 0.1) is 5.92 Å². The minimum Gasteiger partial charge on any atom is -0.459 e. The van der Waals surface area contributed by atoms with E-state index in [0.29, 0.717) is 12.4 Å². The number of hydrogen-bond donors (Lipinski definition) is 0. The summed E-state index contributed by atoms with van der Waals surface area (Å²) in [4.78, 5) is 10.6. The highest BCUT2D eigenvalue weighted by molar-refractivity contribution is 5.38. The fourth-order valence-electron chi connectivity index (χ4n) is 2.60. The van der Waals surface area contributed by atoms with Gasteiger partial charge in [-0.3, -0.25) is 4.79 Å². The molecule has 1 fully saturated rings. The zero-order valence-electron chi connectivity index (χ0n) is 9.47. The third-order valence-corrected chi connectivity index (χ3v) is 3.41. The number of rotatable bonds is 4. The highest BCUT2D eigenvalue weighted by Crippen LogP contribution is 2.36. The van der Waals surface area contributed by atoms with Crippen LogP contribution in [-0.4, -0.2) is 6.47 Å². The second kappa shape index (κ2) is 5.69. The van der Waals surface area contributed by atoms with E-state index in [-0.39, 0.29) is 6.10 Å². The fraction of sp³-hybridized carbons (Fsp3) is 0.500. The van der Waals surface area contributed by atoms with E-state index < -0.39 is 0 Å². The van der Waals surface area contributed by atoms with Crippen LogP contribution in [0.25, 0.3) is 0 Å². The molecule has 1 atom stereocenters. The molecule has 0 radical (unpaired) electrons. The summed E-state index contributed by atoms with van der Waals surface area (Å²) in [6, 6.07) is 10.1. The highest BCUT2D eigenvalue weighted by Gasteiger charge is 2.25. The van der Waals surface area contributed by atoms with Gasteiger partial charge in [0.2, 0.25) is 0 Å². The Labute approximate surface area is 96.6 Å². The van der Waals surface area contributed by atoms with Crippen molar-refractivity contribution in [3.05, 3.63) is 35.9 Å². The summed E-state index contributed by atoms with van der Waals surface area (Å²) < 4.78 is 5.29. The van der Waals surface area contributed by atoms with Crippen molar-refractivity contribution in [3.63, 3.8) is 0 Å². The average molecular weight is 218 g/mol. The van der Waals surface area contributed by atoms with Gasteiger partial charge < -0.3 is 4.74 Å². The van der Waals surface area contributed by atoms with Gasteiger partial charge in [-0.25, -0.2) is 0 Å². The van der Waals surface area contributed by atoms with Crippen LogP contribution in [0.2, 0.25) is 0 Å². The van der Waals surface area contributed by atoms with Gasteiger partial charge in [0.1, 0.15) is 6.10 Å². The molecule has 0 aromatic heterocycles. The molecule has 0 amide bonds. The first-order chi connectivity index (χ1) is 7.92. The SMILES string of the molecule is O=CO[C@H](c1ccccc1)C1CCCCC1. The van der Waals surface area contributed by atoms with Gasteiger partial charge >= 0.3 is 0 Å². The minimum atomic E-state index is -0.0426. The lowest BCUT2D eigenvalue weighted by Gasteiger charge is -2.29. The van der Waals surface area contributed by atoms with Crippen LogP contribution in [0.3, 0.4) is 0 Å². The normalized spacial score (nSPS) is 19.0. The van der Waals surface area contributed by atoms with Gasteiger partial charge in [0.05, 0.1) is 0 Å². The summed E-state index contributed by atoms with van der Waals surface area (Å²) >= 11 is 0. The van der Waals surface area contributed by atoms with Gasteiger partial charge in [0.15, 0.2) is 0 Å². The van der Waals surface area contributed by atoms with E-state index in [4.69, 9.17) is 4.74 Å². The summed E-state index contributed by atoms with van der Waals surface area (Å²) in [5.41, 5.74) is 1.13. The fourth-order valence-corrected chi connectivity index (χ4v) is 2.60. The first-order valence-corrected chi connectivity index (χ1v) is 6.06. The van der Waals surface area contributed by atoms with E-state index in [1.165, 1.54) is 32.1 Å². The topological polar surface area (TPSA) is 26.3 Å². The van der Waals surface area contributed by atoms with Crippen LogP contribution in [0.1, 0.15) is 43.8 Å². The molecule has 2 rings (SSSR count). The largest absolute Gasteiger partial charge is 0.459 e. The molecule has 16 heavy (non-hydrogen) atoms. The van der Waals surface area contributed by atoms with Crippen molar-refractivity contribution in [2.45, 2.75) is 38.2 Å². The maximum Gasteiger partial charge on any atom is 0.293 e. The summed E-state index contributed by atoms with van der Waals surface area (Å²) in [7, 11) is 0. The highest BCUT2D eigenvalue weighted by atomic mass is 16.5. The molecule has 86 valence electrons. The lowest BCUT2D eigenvalue weighted by molar-refractivity contribution is -0.137. The predicted octanol–water partition coefficient (Wildman–Crippen LogP) is 3.48. The zero-order chi connectivity index (χ0) is 11.2. The van der Waals surface area contributed by atoms with Crippen LogP contribution >= 0.6 is 0 Å². The van der Waals surface area contributed by atoms with Crippen LogP contribution in [0.15, 0.2) is 30.3 Å². The Bertz CT molecular complexity index is 315. The molecular weight excluding hydrogens is 200 g/mol. The Morgan fingerprint density at radius 3 is 2.44 bits per heavy atom. The van der Waals surface area contributed by atoms with Crippen molar-refractivity contribution in [1.82, 2.24) is 0 Å². The Balaban J connectivity index is 2.12. The molecule has 2 nitrogen and oxygen atoms in total. The van der Waals surface area contributed by atoms with Crippen LogP contribution in [0.4, 0.5) is 0 Å². The van der Waals surface area contributed by atoms with Gasteiger partial charge in [-0.15, -0.1) is 0 Å². The van der Waals surface area contributed by atoms with E-state index in [1.54, 1.807) is 0 Å². The summed E-state index contributed by atoms with van der Waals surface area (Å²) in [6.07, 6.45) is 6.14. The molecule has 1 aromatic rings. The monoisotopic (exact) mass is 218 g/mol. The molecule has 0 saturated heterocycles. The van der Waals surface area contributed by atoms with E-state index in [1.807, 2.05) is 30.3 Å². The molecular formula is C14H18O2. The molecule has 1 aromatic carbocycles. The second-order valence-electron chi connectivity index (χ2n) is 4.46. The van der Waals surface area contributed by atoms with E-state index in [2.05, 4.69) is 0 Å². The number of hydrogen-bond acceptors (Lipinski definition) is 2. The van der Waals surface area contributed by atoms with Gasteiger partial charge in [-0.05, 0) is 18.4 Å². The molecule has 0 N–H and O–H groups in total. The third kappa shape index (κ3) is 2.63. The van der Waals surface area contributed by atoms with Crippen molar-refractivity contribution < 1.29 is 9.53 Å². The summed E-state index contributed by atoms with van der Waals surface area (Å²) in [5, 5.41) is 0. The van der Waals surface area contributed by atoms with Crippen molar-refractivity contribution in [2.24, 2.45) is 5.92 Å². The van der Waals surface area contributed by atoms with Crippen LogP contribution in [0.5, 0.6) is 0 Å². The lowest BCUT2D eigenvalue weighted by Crippen LogP contribution is -2.18. The third-order valence-electron chi connectivity index (χ3n) is 3.41. The molecule has 0 heterocycles. The first-order valence-electron chi connectivity index (χ1n) is 6.06. The zero-order valence-corrected chi connectivity index (χ0v) is 9.47. The van der Waals surface area contributed by atoms with Crippen molar-refractivity contribution >= 4 is 6.47 Å². The quantitative estimate of drug-likeness (QED) is 0.723. The average Bonchev–Trinajstić information content (AvgIpc) is 2.38. The molecule has 1 saturated carbocycles. The van der Waals surface area contributed by atoms with Crippen molar-refractivity contribution in [2.75, 3.05) is 0 Å². The molecule has 2 heteroatoms. The number of carbonyl (C=O) groups is 1. The molecule has 1 aliphatic carbocycles. The minimum absolute atomic E-state index is 0.0426. The van der Waals surface area contributed by atoms with Gasteiger partial charge in [-0.1, -0.05) is 49.6 Å². The van der Waals surface area contributed by atoms with E-state index in [9.17, 15) is 4.79 Å². The van der Waals surface area contributed by atoms with Gasteiger partial charge in [0.25, 0.3) is 6.47 Å². The van der Waals surface area contributed by atoms with Crippen LogP contribution in [-0.2, 0) is 9.53 Å². The Morgan fingerprint density at radius 1 is 1.12 bits per heavy atom. The maximum absolute atomic E-state index is 10.6.